The van der Waals surface area contributed by atoms with Crippen LogP contribution in [0.3, 0.4) is 0 Å². The van der Waals surface area contributed by atoms with E-state index in [0.717, 1.165) is 24.6 Å². The third-order valence-electron chi connectivity index (χ3n) is 6.39. The lowest BCUT2D eigenvalue weighted by atomic mass is 9.74. The number of benzene rings is 1. The molecule has 146 valence electrons. The number of rotatable bonds is 4. The summed E-state index contributed by atoms with van der Waals surface area (Å²) < 4.78 is 0. The fourth-order valence-electron chi connectivity index (χ4n) is 4.82. The molecule has 2 aliphatic heterocycles. The van der Waals surface area contributed by atoms with Crippen LogP contribution in [-0.2, 0) is 0 Å². The Labute approximate surface area is 163 Å². The molecule has 4 rings (SSSR count). The SMILES string of the molecule is C[C@@H](O)C#Cc1ccc([C@H]2[C@@H](CO)N3CCCCN(CC4CC4)C[C@H]23)cc1. The van der Waals surface area contributed by atoms with Gasteiger partial charge in [0.05, 0.1) is 6.61 Å². The van der Waals surface area contributed by atoms with E-state index in [-0.39, 0.29) is 12.6 Å². The molecule has 4 heteroatoms. The Bertz CT molecular complexity index is 687. The van der Waals surface area contributed by atoms with E-state index in [2.05, 4.69) is 33.8 Å². The molecule has 3 aliphatic rings. The minimum Gasteiger partial charge on any atom is -0.395 e. The summed E-state index contributed by atoms with van der Waals surface area (Å²) in [5.41, 5.74) is 2.24. The first-order chi connectivity index (χ1) is 13.2. The van der Waals surface area contributed by atoms with Crippen molar-refractivity contribution in [1.29, 1.82) is 0 Å². The lowest BCUT2D eigenvalue weighted by Gasteiger charge is -2.57. The predicted molar refractivity (Wildman–Crippen MR) is 108 cm³/mol. The number of hydrogen-bond donors (Lipinski definition) is 2. The summed E-state index contributed by atoms with van der Waals surface area (Å²) >= 11 is 0. The van der Waals surface area contributed by atoms with Gasteiger partial charge in [-0.15, -0.1) is 0 Å². The van der Waals surface area contributed by atoms with E-state index in [1.165, 1.54) is 44.3 Å². The van der Waals surface area contributed by atoms with E-state index in [4.69, 9.17) is 0 Å². The Kier molecular flexibility index (Phi) is 5.85. The van der Waals surface area contributed by atoms with Crippen LogP contribution in [0.2, 0.25) is 0 Å². The van der Waals surface area contributed by atoms with Crippen LogP contribution in [-0.4, -0.2) is 71.0 Å². The van der Waals surface area contributed by atoms with E-state index in [1.807, 2.05) is 12.1 Å². The first-order valence-electron chi connectivity index (χ1n) is 10.5. The summed E-state index contributed by atoms with van der Waals surface area (Å²) in [6, 6.07) is 9.18. The molecule has 27 heavy (non-hydrogen) atoms. The molecule has 1 aromatic rings. The van der Waals surface area contributed by atoms with Gasteiger partial charge in [0, 0.05) is 36.7 Å². The van der Waals surface area contributed by atoms with Crippen LogP contribution in [0.15, 0.2) is 24.3 Å². The van der Waals surface area contributed by atoms with Crippen LogP contribution in [0.25, 0.3) is 0 Å². The summed E-state index contributed by atoms with van der Waals surface area (Å²) in [6.45, 7) is 6.63. The third kappa shape index (κ3) is 4.38. The number of aliphatic hydroxyl groups excluding tert-OH is 2. The molecule has 0 amide bonds. The molecule has 3 fully saturated rings. The fourth-order valence-corrected chi connectivity index (χ4v) is 4.82. The molecule has 1 saturated carbocycles. The molecular formula is C23H32N2O2. The van der Waals surface area contributed by atoms with Crippen molar-refractivity contribution in [3.8, 4) is 11.8 Å². The van der Waals surface area contributed by atoms with Crippen LogP contribution in [0.5, 0.6) is 0 Å². The van der Waals surface area contributed by atoms with Crippen molar-refractivity contribution >= 4 is 0 Å². The molecule has 0 unspecified atom stereocenters. The molecule has 2 N–H and O–H groups in total. The molecule has 1 aliphatic carbocycles. The first kappa shape index (κ1) is 19.0. The first-order valence-corrected chi connectivity index (χ1v) is 10.5. The van der Waals surface area contributed by atoms with E-state index in [9.17, 15) is 10.2 Å². The Morgan fingerprint density at radius 3 is 2.56 bits per heavy atom. The second kappa shape index (κ2) is 8.32. The van der Waals surface area contributed by atoms with Crippen molar-refractivity contribution in [2.75, 3.05) is 32.8 Å². The van der Waals surface area contributed by atoms with Crippen molar-refractivity contribution in [3.63, 3.8) is 0 Å². The quantitative estimate of drug-likeness (QED) is 0.799. The molecule has 0 radical (unpaired) electrons. The Morgan fingerprint density at radius 1 is 1.15 bits per heavy atom. The van der Waals surface area contributed by atoms with E-state index >= 15 is 0 Å². The zero-order valence-electron chi connectivity index (χ0n) is 16.3. The Hall–Kier alpha value is -1.38. The summed E-state index contributed by atoms with van der Waals surface area (Å²) in [7, 11) is 0. The van der Waals surface area contributed by atoms with Crippen LogP contribution in [0, 0.1) is 17.8 Å². The molecule has 0 aromatic heterocycles. The highest BCUT2D eigenvalue weighted by molar-refractivity contribution is 5.39. The second-order valence-electron chi connectivity index (χ2n) is 8.56. The highest BCUT2D eigenvalue weighted by Gasteiger charge is 2.49. The molecule has 0 bridgehead atoms. The van der Waals surface area contributed by atoms with Gasteiger partial charge in [-0.3, -0.25) is 4.90 Å². The predicted octanol–water partition coefficient (Wildman–Crippen LogP) is 2.05. The van der Waals surface area contributed by atoms with Gasteiger partial charge in [-0.25, -0.2) is 0 Å². The highest BCUT2D eigenvalue weighted by Crippen LogP contribution is 2.42. The van der Waals surface area contributed by atoms with Gasteiger partial charge < -0.3 is 15.1 Å². The maximum Gasteiger partial charge on any atom is 0.112 e. The summed E-state index contributed by atoms with van der Waals surface area (Å²) in [6.07, 6.45) is 4.71. The molecule has 2 saturated heterocycles. The average molecular weight is 369 g/mol. The molecule has 1 aromatic carbocycles. The highest BCUT2D eigenvalue weighted by atomic mass is 16.3. The van der Waals surface area contributed by atoms with E-state index in [0.29, 0.717) is 12.0 Å². The van der Waals surface area contributed by atoms with Crippen LogP contribution in [0.1, 0.15) is 49.7 Å². The molecule has 2 heterocycles. The number of hydrogen-bond acceptors (Lipinski definition) is 4. The number of nitrogens with zero attached hydrogens (tertiary/aromatic N) is 2. The monoisotopic (exact) mass is 368 g/mol. The standard InChI is InChI=1S/C23H32N2O2/c1-17(27)4-5-18-8-10-20(11-9-18)23-21-15-24(14-19-6-7-19)12-2-3-13-25(21)22(23)16-26/h8-11,17,19,21-23,26-27H,2-3,6-7,12-16H2,1H3/t17-,21-,22-,23-/m1/s1. The van der Waals surface area contributed by atoms with Crippen LogP contribution < -0.4 is 0 Å². The van der Waals surface area contributed by atoms with E-state index in [1.54, 1.807) is 6.92 Å². The third-order valence-corrected chi connectivity index (χ3v) is 6.39. The van der Waals surface area contributed by atoms with Gasteiger partial charge in [0.2, 0.25) is 0 Å². The maximum absolute atomic E-state index is 10.0. The minimum atomic E-state index is -0.601. The van der Waals surface area contributed by atoms with Crippen LogP contribution >= 0.6 is 0 Å². The van der Waals surface area contributed by atoms with Gasteiger partial charge in [-0.05, 0) is 69.3 Å². The Morgan fingerprint density at radius 2 is 1.89 bits per heavy atom. The van der Waals surface area contributed by atoms with Gasteiger partial charge in [0.15, 0.2) is 0 Å². The molecule has 4 atom stereocenters. The van der Waals surface area contributed by atoms with Gasteiger partial charge >= 0.3 is 0 Å². The topological polar surface area (TPSA) is 46.9 Å². The summed E-state index contributed by atoms with van der Waals surface area (Å²) in [5, 5.41) is 19.4. The maximum atomic E-state index is 10.0. The van der Waals surface area contributed by atoms with Crippen molar-refractivity contribution < 1.29 is 10.2 Å². The van der Waals surface area contributed by atoms with Crippen molar-refractivity contribution in [2.24, 2.45) is 5.92 Å². The normalized spacial score (nSPS) is 30.3. The number of fused-ring (bicyclic) bond motifs is 1. The summed E-state index contributed by atoms with van der Waals surface area (Å²) in [4.78, 5) is 5.22. The van der Waals surface area contributed by atoms with Gasteiger partial charge in [-0.1, -0.05) is 24.0 Å². The van der Waals surface area contributed by atoms with Gasteiger partial charge in [-0.2, -0.15) is 0 Å². The fraction of sp³-hybridized carbons (Fsp3) is 0.652. The lowest BCUT2D eigenvalue weighted by molar-refractivity contribution is -0.0649. The van der Waals surface area contributed by atoms with Crippen LogP contribution in [0.4, 0.5) is 0 Å². The summed E-state index contributed by atoms with van der Waals surface area (Å²) in [5.74, 6) is 7.14. The lowest BCUT2D eigenvalue weighted by Crippen LogP contribution is -2.67. The minimum absolute atomic E-state index is 0.230. The van der Waals surface area contributed by atoms with Gasteiger partial charge in [0.1, 0.15) is 6.10 Å². The molecule has 0 spiro atoms. The van der Waals surface area contributed by atoms with E-state index < -0.39 is 6.10 Å². The smallest absolute Gasteiger partial charge is 0.112 e. The largest absolute Gasteiger partial charge is 0.395 e. The zero-order chi connectivity index (χ0) is 18.8. The number of aliphatic hydroxyl groups is 2. The second-order valence-corrected chi connectivity index (χ2v) is 8.56. The van der Waals surface area contributed by atoms with Crippen molar-refractivity contribution in [1.82, 2.24) is 9.80 Å². The zero-order valence-corrected chi connectivity index (χ0v) is 16.3. The van der Waals surface area contributed by atoms with Crippen molar-refractivity contribution in [2.45, 2.75) is 56.7 Å². The molecular weight excluding hydrogens is 336 g/mol. The molecule has 4 nitrogen and oxygen atoms in total. The van der Waals surface area contributed by atoms with Crippen molar-refractivity contribution in [3.05, 3.63) is 35.4 Å². The Balaban J connectivity index is 1.50. The van der Waals surface area contributed by atoms with Gasteiger partial charge in [0.25, 0.3) is 0 Å². The average Bonchev–Trinajstić information content (AvgIpc) is 3.45.